The molecule has 0 fully saturated rings. The van der Waals surface area contributed by atoms with Crippen LogP contribution >= 0.6 is 0 Å². The third-order valence-corrected chi connectivity index (χ3v) is 3.38. The number of hydrogen-bond donors (Lipinski definition) is 2. The summed E-state index contributed by atoms with van der Waals surface area (Å²) >= 11 is 0. The molecule has 0 saturated heterocycles. The molecule has 0 spiro atoms. The van der Waals surface area contributed by atoms with E-state index >= 15 is 0 Å². The van der Waals surface area contributed by atoms with Crippen molar-refractivity contribution in [3.8, 4) is 0 Å². The number of aryl methyl sites for hydroxylation is 2. The van der Waals surface area contributed by atoms with E-state index in [4.69, 9.17) is 10.5 Å². The second kappa shape index (κ2) is 7.61. The summed E-state index contributed by atoms with van der Waals surface area (Å²) in [5, 5.41) is 3.13. The van der Waals surface area contributed by atoms with Crippen molar-refractivity contribution in [2.45, 2.75) is 20.0 Å². The standard InChI is InChI=1S/C18H23N3O/c1-13-9-14(2)11-16(10-13)21-18(19)20-12-17(22-3)15-7-5-4-6-8-15/h4-11,17H,12H2,1-3H3,(H3,19,20,21). The zero-order valence-electron chi connectivity index (χ0n) is 13.3. The van der Waals surface area contributed by atoms with Crippen LogP contribution in [0.3, 0.4) is 0 Å². The van der Waals surface area contributed by atoms with Crippen molar-refractivity contribution in [1.82, 2.24) is 0 Å². The lowest BCUT2D eigenvalue weighted by molar-refractivity contribution is 0.111. The van der Waals surface area contributed by atoms with E-state index in [2.05, 4.69) is 30.2 Å². The van der Waals surface area contributed by atoms with Crippen molar-refractivity contribution in [2.75, 3.05) is 19.0 Å². The Labute approximate surface area is 132 Å². The van der Waals surface area contributed by atoms with Crippen LogP contribution in [-0.2, 0) is 4.74 Å². The maximum absolute atomic E-state index is 5.97. The smallest absolute Gasteiger partial charge is 0.193 e. The quantitative estimate of drug-likeness (QED) is 0.656. The third-order valence-electron chi connectivity index (χ3n) is 3.38. The van der Waals surface area contributed by atoms with Gasteiger partial charge in [-0.1, -0.05) is 36.4 Å². The van der Waals surface area contributed by atoms with Gasteiger partial charge in [-0.3, -0.25) is 4.99 Å². The summed E-state index contributed by atoms with van der Waals surface area (Å²) in [6, 6.07) is 16.2. The van der Waals surface area contributed by atoms with E-state index in [1.165, 1.54) is 11.1 Å². The fourth-order valence-electron chi connectivity index (χ4n) is 2.40. The maximum Gasteiger partial charge on any atom is 0.193 e. The molecular weight excluding hydrogens is 274 g/mol. The van der Waals surface area contributed by atoms with Gasteiger partial charge in [0.2, 0.25) is 0 Å². The molecule has 4 nitrogen and oxygen atoms in total. The molecule has 2 rings (SSSR count). The van der Waals surface area contributed by atoms with Crippen LogP contribution < -0.4 is 11.1 Å². The minimum Gasteiger partial charge on any atom is -0.375 e. The fourth-order valence-corrected chi connectivity index (χ4v) is 2.40. The summed E-state index contributed by atoms with van der Waals surface area (Å²) < 4.78 is 5.48. The number of nitrogens with two attached hydrogens (primary N) is 1. The highest BCUT2D eigenvalue weighted by molar-refractivity contribution is 5.92. The molecule has 1 unspecified atom stereocenters. The van der Waals surface area contributed by atoms with E-state index in [0.29, 0.717) is 12.5 Å². The third kappa shape index (κ3) is 4.60. The van der Waals surface area contributed by atoms with Crippen LogP contribution in [0.25, 0.3) is 0 Å². The Hall–Kier alpha value is -2.33. The van der Waals surface area contributed by atoms with Crippen molar-refractivity contribution in [3.63, 3.8) is 0 Å². The largest absolute Gasteiger partial charge is 0.375 e. The maximum atomic E-state index is 5.97. The van der Waals surface area contributed by atoms with E-state index < -0.39 is 0 Å². The van der Waals surface area contributed by atoms with Gasteiger partial charge in [0.05, 0.1) is 6.54 Å². The molecule has 0 aliphatic heterocycles. The molecule has 2 aromatic carbocycles. The van der Waals surface area contributed by atoms with Gasteiger partial charge in [0.25, 0.3) is 0 Å². The topological polar surface area (TPSA) is 59.6 Å². The van der Waals surface area contributed by atoms with Gasteiger partial charge in [0.1, 0.15) is 6.10 Å². The fraction of sp³-hybridized carbons (Fsp3) is 0.278. The van der Waals surface area contributed by atoms with Crippen molar-refractivity contribution >= 4 is 11.6 Å². The molecule has 1 atom stereocenters. The van der Waals surface area contributed by atoms with Crippen molar-refractivity contribution in [1.29, 1.82) is 0 Å². The Kier molecular flexibility index (Phi) is 5.55. The molecule has 0 saturated carbocycles. The summed E-state index contributed by atoms with van der Waals surface area (Å²) in [4.78, 5) is 4.38. The average molecular weight is 297 g/mol. The Morgan fingerprint density at radius 3 is 2.36 bits per heavy atom. The van der Waals surface area contributed by atoms with Crippen LogP contribution in [0.2, 0.25) is 0 Å². The van der Waals surface area contributed by atoms with E-state index in [0.717, 1.165) is 11.3 Å². The minimum atomic E-state index is -0.0965. The normalized spacial score (nSPS) is 13.0. The Morgan fingerprint density at radius 1 is 1.14 bits per heavy atom. The first-order chi connectivity index (χ1) is 10.6. The lowest BCUT2D eigenvalue weighted by Gasteiger charge is -2.14. The Bertz CT molecular complexity index is 618. The van der Waals surface area contributed by atoms with E-state index in [-0.39, 0.29) is 6.10 Å². The summed E-state index contributed by atoms with van der Waals surface area (Å²) in [6.45, 7) is 4.59. The number of rotatable bonds is 5. The number of methoxy groups -OCH3 is 1. The SMILES string of the molecule is COC(CN=C(N)Nc1cc(C)cc(C)c1)c1ccccc1. The number of anilines is 1. The predicted octanol–water partition coefficient (Wildman–Crippen LogP) is 3.42. The van der Waals surface area contributed by atoms with Crippen LogP contribution in [0.5, 0.6) is 0 Å². The summed E-state index contributed by atoms with van der Waals surface area (Å²) in [6.07, 6.45) is -0.0965. The number of hydrogen-bond acceptors (Lipinski definition) is 2. The summed E-state index contributed by atoms with van der Waals surface area (Å²) in [5.74, 6) is 0.392. The van der Waals surface area contributed by atoms with Gasteiger partial charge < -0.3 is 15.8 Å². The molecule has 0 aromatic heterocycles. The monoisotopic (exact) mass is 297 g/mol. The molecular formula is C18H23N3O. The summed E-state index contributed by atoms with van der Waals surface area (Å²) in [5.41, 5.74) is 10.4. The number of nitrogens with zero attached hydrogens (tertiary/aromatic N) is 1. The van der Waals surface area contributed by atoms with Crippen LogP contribution in [0.15, 0.2) is 53.5 Å². The van der Waals surface area contributed by atoms with Crippen LogP contribution in [-0.4, -0.2) is 19.6 Å². The summed E-state index contributed by atoms with van der Waals surface area (Å²) in [7, 11) is 1.68. The van der Waals surface area contributed by atoms with E-state index in [9.17, 15) is 0 Å². The minimum absolute atomic E-state index is 0.0965. The zero-order chi connectivity index (χ0) is 15.9. The zero-order valence-corrected chi connectivity index (χ0v) is 13.3. The first-order valence-corrected chi connectivity index (χ1v) is 7.31. The lowest BCUT2D eigenvalue weighted by Crippen LogP contribution is -2.24. The highest BCUT2D eigenvalue weighted by Gasteiger charge is 2.09. The first kappa shape index (κ1) is 16.0. The van der Waals surface area contributed by atoms with Crippen LogP contribution in [0.1, 0.15) is 22.8 Å². The Morgan fingerprint density at radius 2 is 1.77 bits per heavy atom. The van der Waals surface area contributed by atoms with Crippen molar-refractivity contribution in [3.05, 3.63) is 65.2 Å². The van der Waals surface area contributed by atoms with Gasteiger partial charge in [0.15, 0.2) is 5.96 Å². The van der Waals surface area contributed by atoms with Gasteiger partial charge in [0, 0.05) is 12.8 Å². The van der Waals surface area contributed by atoms with Gasteiger partial charge in [-0.25, -0.2) is 0 Å². The molecule has 2 aromatic rings. The lowest BCUT2D eigenvalue weighted by atomic mass is 10.1. The molecule has 4 heteroatoms. The highest BCUT2D eigenvalue weighted by atomic mass is 16.5. The number of nitrogens with one attached hydrogen (secondary N) is 1. The number of guanidine groups is 1. The van der Waals surface area contributed by atoms with Gasteiger partial charge in [-0.2, -0.15) is 0 Å². The second-order valence-corrected chi connectivity index (χ2v) is 5.36. The van der Waals surface area contributed by atoms with Gasteiger partial charge in [-0.15, -0.1) is 0 Å². The van der Waals surface area contributed by atoms with Gasteiger partial charge in [-0.05, 0) is 42.7 Å². The van der Waals surface area contributed by atoms with Crippen molar-refractivity contribution in [2.24, 2.45) is 10.7 Å². The molecule has 0 amide bonds. The highest BCUT2D eigenvalue weighted by Crippen LogP contribution is 2.17. The predicted molar refractivity (Wildman–Crippen MR) is 92.2 cm³/mol. The molecule has 0 bridgehead atoms. The molecule has 22 heavy (non-hydrogen) atoms. The molecule has 116 valence electrons. The average Bonchev–Trinajstić information content (AvgIpc) is 2.48. The molecule has 0 radical (unpaired) electrons. The van der Waals surface area contributed by atoms with Crippen LogP contribution in [0, 0.1) is 13.8 Å². The van der Waals surface area contributed by atoms with Crippen LogP contribution in [0.4, 0.5) is 5.69 Å². The van der Waals surface area contributed by atoms with Gasteiger partial charge >= 0.3 is 0 Å². The first-order valence-electron chi connectivity index (χ1n) is 7.31. The molecule has 0 aliphatic carbocycles. The van der Waals surface area contributed by atoms with E-state index in [1.807, 2.05) is 42.5 Å². The molecule has 0 aliphatic rings. The number of ether oxygens (including phenoxy) is 1. The van der Waals surface area contributed by atoms with Crippen molar-refractivity contribution < 1.29 is 4.74 Å². The van der Waals surface area contributed by atoms with E-state index in [1.54, 1.807) is 7.11 Å². The molecule has 3 N–H and O–H groups in total. The number of aliphatic imine (C=N–C) groups is 1. The number of benzene rings is 2. The second-order valence-electron chi connectivity index (χ2n) is 5.36. The molecule has 0 heterocycles. The Balaban J connectivity index is 2.02.